The quantitative estimate of drug-likeness (QED) is 0.114. The molecule has 0 fully saturated rings. The predicted octanol–water partition coefficient (Wildman–Crippen LogP) is 4.88. The minimum Gasteiger partial charge on any atom is -0.451 e. The average molecular weight is 548 g/mol. The number of benzene rings is 2. The van der Waals surface area contributed by atoms with Gasteiger partial charge in [-0.25, -0.2) is 4.79 Å². The largest absolute Gasteiger partial charge is 0.451 e. The van der Waals surface area contributed by atoms with E-state index in [2.05, 4.69) is 17.6 Å². The van der Waals surface area contributed by atoms with Crippen LogP contribution in [0.1, 0.15) is 62.1 Å². The van der Waals surface area contributed by atoms with Gasteiger partial charge in [0.15, 0.2) is 5.76 Å². The van der Waals surface area contributed by atoms with Crippen LogP contribution in [0.15, 0.2) is 77.2 Å². The first kappa shape index (κ1) is 30.1. The Morgan fingerprint density at radius 3 is 2.27 bits per heavy atom. The highest BCUT2D eigenvalue weighted by Gasteiger charge is 2.33. The van der Waals surface area contributed by atoms with Crippen molar-refractivity contribution in [1.82, 2.24) is 15.7 Å². The van der Waals surface area contributed by atoms with E-state index in [0.717, 1.165) is 35.5 Å². The second-order valence-electron chi connectivity index (χ2n) is 9.42. The predicted molar refractivity (Wildman–Crippen MR) is 150 cm³/mol. The monoisotopic (exact) mass is 547 g/mol. The van der Waals surface area contributed by atoms with E-state index < -0.39 is 23.8 Å². The maximum atomic E-state index is 13.3. The number of carbonyl (C=O) groups is 4. The highest BCUT2D eigenvalue weighted by atomic mass is 16.7. The number of hydroxylamine groups is 2. The lowest BCUT2D eigenvalue weighted by Gasteiger charge is -2.31. The number of nitrogens with one attached hydrogen (secondary N) is 2. The molecule has 3 rings (SSSR count). The van der Waals surface area contributed by atoms with Gasteiger partial charge in [-0.3, -0.25) is 14.4 Å². The molecule has 1 heterocycles. The highest BCUT2D eigenvalue weighted by Crippen LogP contribution is 2.23. The molecule has 0 saturated heterocycles. The summed E-state index contributed by atoms with van der Waals surface area (Å²) in [6, 6.07) is 21.1. The summed E-state index contributed by atoms with van der Waals surface area (Å²) >= 11 is 0. The molecule has 212 valence electrons. The number of hydrogen-bond donors (Lipinski definition) is 2. The van der Waals surface area contributed by atoms with E-state index in [1.807, 2.05) is 55.5 Å². The molecule has 0 spiro atoms. The summed E-state index contributed by atoms with van der Waals surface area (Å²) < 4.78 is 5.66. The van der Waals surface area contributed by atoms with E-state index in [-0.39, 0.29) is 24.8 Å². The zero-order valence-corrected chi connectivity index (χ0v) is 23.0. The molecular formula is C31H37N3O6. The normalized spacial score (nSPS) is 12.2. The smallest absolute Gasteiger partial charge is 0.336 e. The summed E-state index contributed by atoms with van der Waals surface area (Å²) in [4.78, 5) is 55.8. The van der Waals surface area contributed by atoms with Crippen molar-refractivity contribution in [3.05, 3.63) is 84.1 Å². The molecular weight excluding hydrogens is 510 g/mol. The van der Waals surface area contributed by atoms with E-state index >= 15 is 0 Å². The Kier molecular flexibility index (Phi) is 12.0. The molecule has 40 heavy (non-hydrogen) atoms. The first-order valence-electron chi connectivity index (χ1n) is 13.7. The van der Waals surface area contributed by atoms with E-state index in [1.165, 1.54) is 0 Å². The molecule has 3 amide bonds. The molecule has 9 nitrogen and oxygen atoms in total. The molecule has 0 aliphatic heterocycles. The van der Waals surface area contributed by atoms with Crippen LogP contribution in [-0.4, -0.2) is 42.0 Å². The highest BCUT2D eigenvalue weighted by molar-refractivity contribution is 5.92. The Bertz CT molecular complexity index is 1230. The first-order chi connectivity index (χ1) is 19.5. The van der Waals surface area contributed by atoms with E-state index in [0.29, 0.717) is 25.0 Å². The van der Waals surface area contributed by atoms with Gasteiger partial charge < -0.3 is 19.9 Å². The van der Waals surface area contributed by atoms with Crippen molar-refractivity contribution in [2.75, 3.05) is 6.67 Å². The lowest BCUT2D eigenvalue weighted by atomic mass is 9.90. The molecule has 0 bridgehead atoms. The van der Waals surface area contributed by atoms with Gasteiger partial charge in [-0.2, -0.15) is 5.06 Å². The zero-order valence-electron chi connectivity index (χ0n) is 23.0. The number of unbranched alkanes of at least 4 members (excludes halogenated alkanes) is 2. The standard InChI is InChI=1S/C31H37N3O6/c1-3-5-8-17-25(26(4-2)34(22-35)40-29(36)20-23-13-9-6-10-14-23)30(37)32-21-33-31(38)28-19-18-27(39-28)24-15-11-7-12-16-24/h6-7,9-16,18-19,22,25-26H,3-5,8,17,20-21H2,1-2H3,(H,32,37)(H,33,38)/t25-,26-/m1/s1. The molecule has 0 aliphatic carbocycles. The summed E-state index contributed by atoms with van der Waals surface area (Å²) in [6.45, 7) is 3.76. The molecule has 1 aromatic heterocycles. The number of furan rings is 1. The molecule has 3 aromatic rings. The second-order valence-corrected chi connectivity index (χ2v) is 9.42. The number of amides is 3. The Morgan fingerprint density at radius 1 is 0.925 bits per heavy atom. The molecule has 2 aromatic carbocycles. The third-order valence-electron chi connectivity index (χ3n) is 6.57. The third kappa shape index (κ3) is 8.83. The Labute approximate surface area is 234 Å². The Hall–Kier alpha value is -4.40. The molecule has 0 aliphatic rings. The van der Waals surface area contributed by atoms with E-state index in [9.17, 15) is 19.2 Å². The van der Waals surface area contributed by atoms with Crippen molar-refractivity contribution in [3.63, 3.8) is 0 Å². The van der Waals surface area contributed by atoms with Gasteiger partial charge in [0, 0.05) is 5.56 Å². The van der Waals surface area contributed by atoms with Crippen molar-refractivity contribution >= 4 is 24.2 Å². The van der Waals surface area contributed by atoms with Gasteiger partial charge in [0.05, 0.1) is 25.0 Å². The lowest BCUT2D eigenvalue weighted by Crippen LogP contribution is -2.49. The van der Waals surface area contributed by atoms with Crippen molar-refractivity contribution in [1.29, 1.82) is 0 Å². The van der Waals surface area contributed by atoms with Gasteiger partial charge in [-0.15, -0.1) is 0 Å². The van der Waals surface area contributed by atoms with Gasteiger partial charge in [-0.05, 0) is 30.5 Å². The Balaban J connectivity index is 1.61. The van der Waals surface area contributed by atoms with Gasteiger partial charge >= 0.3 is 5.97 Å². The summed E-state index contributed by atoms with van der Waals surface area (Å²) in [5.41, 5.74) is 1.60. The maximum absolute atomic E-state index is 13.3. The third-order valence-corrected chi connectivity index (χ3v) is 6.57. The molecule has 2 atom stereocenters. The van der Waals surface area contributed by atoms with Crippen LogP contribution >= 0.6 is 0 Å². The number of rotatable bonds is 16. The van der Waals surface area contributed by atoms with Crippen LogP contribution in [-0.2, 0) is 25.6 Å². The van der Waals surface area contributed by atoms with Crippen molar-refractivity contribution < 1.29 is 28.4 Å². The minimum atomic E-state index is -0.664. The summed E-state index contributed by atoms with van der Waals surface area (Å²) in [7, 11) is 0. The molecule has 0 unspecified atom stereocenters. The molecule has 0 radical (unpaired) electrons. The fourth-order valence-corrected chi connectivity index (χ4v) is 4.48. The van der Waals surface area contributed by atoms with Crippen molar-refractivity contribution in [3.8, 4) is 11.3 Å². The maximum Gasteiger partial charge on any atom is 0.336 e. The lowest BCUT2D eigenvalue weighted by molar-refractivity contribution is -0.203. The fraction of sp³-hybridized carbons (Fsp3) is 0.355. The van der Waals surface area contributed by atoms with Crippen LogP contribution in [0.5, 0.6) is 0 Å². The fourth-order valence-electron chi connectivity index (χ4n) is 4.48. The topological polar surface area (TPSA) is 118 Å². The van der Waals surface area contributed by atoms with Crippen LogP contribution in [0, 0.1) is 5.92 Å². The first-order valence-corrected chi connectivity index (χ1v) is 13.7. The molecule has 2 N–H and O–H groups in total. The summed E-state index contributed by atoms with van der Waals surface area (Å²) in [6.07, 6.45) is 3.96. The van der Waals surface area contributed by atoms with Crippen LogP contribution in [0.2, 0.25) is 0 Å². The average Bonchev–Trinajstić information content (AvgIpc) is 3.47. The molecule has 9 heteroatoms. The van der Waals surface area contributed by atoms with E-state index in [1.54, 1.807) is 24.3 Å². The number of nitrogens with zero attached hydrogens (tertiary/aromatic N) is 1. The summed E-state index contributed by atoms with van der Waals surface area (Å²) in [5.74, 6) is -1.37. The van der Waals surface area contributed by atoms with Crippen LogP contribution in [0.4, 0.5) is 0 Å². The zero-order chi connectivity index (χ0) is 28.7. The number of hydrogen-bond acceptors (Lipinski definition) is 6. The van der Waals surface area contributed by atoms with Gasteiger partial charge in [0.25, 0.3) is 5.91 Å². The SMILES string of the molecule is CCCCC[C@@H](C(=O)NCNC(=O)c1ccc(-c2ccccc2)o1)[C@@H](CC)N(C=O)OC(=O)Cc1ccccc1. The molecule has 0 saturated carbocycles. The van der Waals surface area contributed by atoms with Crippen LogP contribution in [0.3, 0.4) is 0 Å². The van der Waals surface area contributed by atoms with Crippen LogP contribution in [0.25, 0.3) is 11.3 Å². The van der Waals surface area contributed by atoms with Gasteiger partial charge in [0.2, 0.25) is 12.3 Å². The minimum absolute atomic E-state index is 0.000883. The van der Waals surface area contributed by atoms with Gasteiger partial charge in [0.1, 0.15) is 5.76 Å². The number of carbonyl (C=O) groups excluding carboxylic acids is 4. The van der Waals surface area contributed by atoms with Gasteiger partial charge in [-0.1, -0.05) is 93.8 Å². The summed E-state index contributed by atoms with van der Waals surface area (Å²) in [5, 5.41) is 6.34. The van der Waals surface area contributed by atoms with Crippen molar-refractivity contribution in [2.45, 2.75) is 58.4 Å². The van der Waals surface area contributed by atoms with E-state index in [4.69, 9.17) is 9.25 Å². The Morgan fingerprint density at radius 2 is 1.62 bits per heavy atom. The van der Waals surface area contributed by atoms with Crippen molar-refractivity contribution in [2.24, 2.45) is 5.92 Å². The second kappa shape index (κ2) is 15.9. The van der Waals surface area contributed by atoms with Crippen LogP contribution < -0.4 is 10.6 Å².